The molecule has 7 nitrogen and oxygen atoms in total. The monoisotopic (exact) mass is 538 g/mol. The SMILES string of the molecule is [N-]=[N+]=NCCCCCCCCCCOCCCc1ccc[n+](CCCCCCOCCCc2cccnc2)c1. The maximum absolute atomic E-state index is 8.25. The molecule has 0 saturated carbocycles. The van der Waals surface area contributed by atoms with Crippen molar-refractivity contribution in [2.24, 2.45) is 5.11 Å². The van der Waals surface area contributed by atoms with Crippen molar-refractivity contribution < 1.29 is 14.0 Å². The molecule has 0 amide bonds. The maximum Gasteiger partial charge on any atom is 0.171 e. The standard InChI is InChI=1S/C32H52N5O2/c33-36-35-22-9-5-3-1-2-4-7-11-25-39-28-16-20-32-18-14-24-37(30-32)23-10-6-8-12-26-38-27-15-19-31-17-13-21-34-29-31/h13-14,17-18,21,24,29-30H,1-12,15-16,19-20,22-23,25-28H2/q+1. The fourth-order valence-electron chi connectivity index (χ4n) is 4.71. The first kappa shape index (κ1) is 32.7. The van der Waals surface area contributed by atoms with E-state index in [2.05, 4.69) is 50.2 Å². The fraction of sp³-hybridized carbons (Fsp3) is 0.688. The third kappa shape index (κ3) is 19.3. The highest BCUT2D eigenvalue weighted by Gasteiger charge is 2.03. The lowest BCUT2D eigenvalue weighted by Crippen LogP contribution is -2.33. The Morgan fingerprint density at radius 3 is 1.95 bits per heavy atom. The lowest BCUT2D eigenvalue weighted by Gasteiger charge is -2.05. The normalized spacial score (nSPS) is 11.0. The lowest BCUT2D eigenvalue weighted by molar-refractivity contribution is -0.697. The number of hydrogen-bond acceptors (Lipinski definition) is 4. The van der Waals surface area contributed by atoms with Crippen molar-refractivity contribution in [2.75, 3.05) is 33.0 Å². The average Bonchev–Trinajstić information content (AvgIpc) is 2.97. The summed E-state index contributed by atoms with van der Waals surface area (Å²) < 4.78 is 14.0. The van der Waals surface area contributed by atoms with Crippen LogP contribution < -0.4 is 4.57 Å². The zero-order valence-electron chi connectivity index (χ0n) is 24.2. The highest BCUT2D eigenvalue weighted by atomic mass is 16.5. The Bertz CT molecular complexity index is 874. The van der Waals surface area contributed by atoms with E-state index in [9.17, 15) is 0 Å². The summed E-state index contributed by atoms with van der Waals surface area (Å²) in [6, 6.07) is 8.53. The summed E-state index contributed by atoms with van der Waals surface area (Å²) in [5.74, 6) is 0. The molecule has 2 heterocycles. The van der Waals surface area contributed by atoms with Gasteiger partial charge in [0.1, 0.15) is 6.54 Å². The van der Waals surface area contributed by atoms with Gasteiger partial charge < -0.3 is 9.47 Å². The summed E-state index contributed by atoms with van der Waals surface area (Å²) in [4.78, 5) is 6.94. The number of nitrogens with zero attached hydrogens (tertiary/aromatic N) is 5. The maximum atomic E-state index is 8.25. The molecule has 216 valence electrons. The molecule has 0 bridgehead atoms. The second-order valence-corrected chi connectivity index (χ2v) is 10.4. The van der Waals surface area contributed by atoms with Crippen LogP contribution in [0.25, 0.3) is 10.4 Å². The van der Waals surface area contributed by atoms with Gasteiger partial charge in [0.05, 0.1) is 0 Å². The number of aryl methyl sites for hydroxylation is 3. The van der Waals surface area contributed by atoms with Crippen LogP contribution in [0.3, 0.4) is 0 Å². The quantitative estimate of drug-likeness (QED) is 0.0400. The van der Waals surface area contributed by atoms with E-state index in [-0.39, 0.29) is 0 Å². The van der Waals surface area contributed by atoms with Crippen LogP contribution in [-0.4, -0.2) is 38.0 Å². The molecule has 0 aromatic carbocycles. The Labute approximate surface area is 237 Å². The molecular weight excluding hydrogens is 486 g/mol. The first-order valence-corrected chi connectivity index (χ1v) is 15.4. The minimum absolute atomic E-state index is 0.643. The van der Waals surface area contributed by atoms with Crippen LogP contribution in [0.5, 0.6) is 0 Å². The molecule has 0 radical (unpaired) electrons. The van der Waals surface area contributed by atoms with Gasteiger partial charge in [0.15, 0.2) is 12.4 Å². The third-order valence-electron chi connectivity index (χ3n) is 6.97. The van der Waals surface area contributed by atoms with E-state index in [1.54, 1.807) is 0 Å². The van der Waals surface area contributed by atoms with E-state index >= 15 is 0 Å². The van der Waals surface area contributed by atoms with Gasteiger partial charge in [0, 0.05) is 68.3 Å². The van der Waals surface area contributed by atoms with Gasteiger partial charge in [-0.05, 0) is 74.6 Å². The minimum Gasteiger partial charge on any atom is -0.381 e. The van der Waals surface area contributed by atoms with Gasteiger partial charge in [-0.1, -0.05) is 56.1 Å². The molecule has 2 rings (SSSR count). The van der Waals surface area contributed by atoms with Crippen molar-refractivity contribution in [1.82, 2.24) is 4.98 Å². The molecular formula is C32H52N5O2+. The third-order valence-corrected chi connectivity index (χ3v) is 6.97. The van der Waals surface area contributed by atoms with Gasteiger partial charge in [-0.3, -0.25) is 4.98 Å². The van der Waals surface area contributed by atoms with Crippen molar-refractivity contribution in [2.45, 2.75) is 109 Å². The zero-order chi connectivity index (χ0) is 27.5. The van der Waals surface area contributed by atoms with Crippen molar-refractivity contribution >= 4 is 0 Å². The Balaban J connectivity index is 1.35. The first-order chi connectivity index (χ1) is 19.4. The van der Waals surface area contributed by atoms with E-state index in [1.807, 2.05) is 18.5 Å². The van der Waals surface area contributed by atoms with Gasteiger partial charge in [0.25, 0.3) is 0 Å². The predicted molar refractivity (Wildman–Crippen MR) is 159 cm³/mol. The Hall–Kier alpha value is -2.47. The Morgan fingerprint density at radius 2 is 1.28 bits per heavy atom. The van der Waals surface area contributed by atoms with Gasteiger partial charge in [0.2, 0.25) is 0 Å². The molecule has 7 heteroatoms. The highest BCUT2D eigenvalue weighted by Crippen LogP contribution is 2.09. The summed E-state index contributed by atoms with van der Waals surface area (Å²) in [5, 5.41) is 3.58. The number of azide groups is 1. The molecule has 0 aliphatic carbocycles. The second-order valence-electron chi connectivity index (χ2n) is 10.4. The van der Waals surface area contributed by atoms with Crippen LogP contribution in [0.4, 0.5) is 0 Å². The average molecular weight is 539 g/mol. The van der Waals surface area contributed by atoms with Gasteiger partial charge in [-0.2, -0.15) is 0 Å². The van der Waals surface area contributed by atoms with Crippen LogP contribution in [0.1, 0.15) is 101 Å². The molecule has 0 aliphatic heterocycles. The predicted octanol–water partition coefficient (Wildman–Crippen LogP) is 7.96. The summed E-state index contributed by atoms with van der Waals surface area (Å²) >= 11 is 0. The molecule has 0 fully saturated rings. The molecule has 0 atom stereocenters. The summed E-state index contributed by atoms with van der Waals surface area (Å²) in [7, 11) is 0. The molecule has 39 heavy (non-hydrogen) atoms. The van der Waals surface area contributed by atoms with Crippen molar-refractivity contribution in [1.29, 1.82) is 0 Å². The van der Waals surface area contributed by atoms with Crippen LogP contribution >= 0.6 is 0 Å². The van der Waals surface area contributed by atoms with E-state index in [4.69, 9.17) is 15.0 Å². The number of aromatic nitrogens is 2. The number of hydrogen-bond donors (Lipinski definition) is 0. The van der Waals surface area contributed by atoms with E-state index in [1.165, 1.54) is 75.3 Å². The minimum atomic E-state index is 0.643. The van der Waals surface area contributed by atoms with Gasteiger partial charge in [-0.15, -0.1) is 0 Å². The summed E-state index contributed by atoms with van der Waals surface area (Å²) in [5.41, 5.74) is 10.9. The summed E-state index contributed by atoms with van der Waals surface area (Å²) in [6.07, 6.45) is 27.2. The van der Waals surface area contributed by atoms with Crippen molar-refractivity contribution in [3.63, 3.8) is 0 Å². The largest absolute Gasteiger partial charge is 0.381 e. The molecule has 0 spiro atoms. The molecule has 0 aliphatic rings. The second kappa shape index (κ2) is 24.6. The number of rotatable bonds is 26. The molecule has 0 N–H and O–H groups in total. The highest BCUT2D eigenvalue weighted by molar-refractivity contribution is 5.08. The van der Waals surface area contributed by atoms with Crippen molar-refractivity contribution in [3.8, 4) is 0 Å². The van der Waals surface area contributed by atoms with E-state index in [0.717, 1.165) is 71.5 Å². The Morgan fingerprint density at radius 1 is 0.692 bits per heavy atom. The molecule has 0 unspecified atom stereocenters. The number of pyridine rings is 2. The molecule has 2 aromatic heterocycles. The topological polar surface area (TPSA) is 84.0 Å². The van der Waals surface area contributed by atoms with E-state index < -0.39 is 0 Å². The summed E-state index contributed by atoms with van der Waals surface area (Å²) in [6.45, 7) is 5.19. The first-order valence-electron chi connectivity index (χ1n) is 15.4. The number of unbranched alkanes of at least 4 members (excludes halogenated alkanes) is 10. The van der Waals surface area contributed by atoms with Crippen LogP contribution in [0, 0.1) is 0 Å². The molecule has 2 aromatic rings. The number of ether oxygens (including phenoxy) is 2. The molecule has 0 saturated heterocycles. The zero-order valence-corrected chi connectivity index (χ0v) is 24.2. The van der Waals surface area contributed by atoms with Crippen LogP contribution in [0.15, 0.2) is 54.2 Å². The van der Waals surface area contributed by atoms with Crippen LogP contribution in [-0.2, 0) is 28.9 Å². The smallest absolute Gasteiger partial charge is 0.171 e. The van der Waals surface area contributed by atoms with Gasteiger partial charge >= 0.3 is 0 Å². The van der Waals surface area contributed by atoms with Crippen molar-refractivity contribution in [3.05, 3.63) is 70.6 Å². The fourth-order valence-corrected chi connectivity index (χ4v) is 4.71. The van der Waals surface area contributed by atoms with Gasteiger partial charge in [-0.25, -0.2) is 4.57 Å². The lowest BCUT2D eigenvalue weighted by atomic mass is 10.1. The Kier molecular flexibility index (Phi) is 20.6. The van der Waals surface area contributed by atoms with Crippen LogP contribution in [0.2, 0.25) is 0 Å². The van der Waals surface area contributed by atoms with E-state index in [0.29, 0.717) is 6.54 Å².